The molecule has 1 aromatic heterocycles. The van der Waals surface area contributed by atoms with Gasteiger partial charge in [-0.2, -0.15) is 13.2 Å². The van der Waals surface area contributed by atoms with E-state index in [-0.39, 0.29) is 12.3 Å². The molecule has 0 radical (unpaired) electrons. The highest BCUT2D eigenvalue weighted by atomic mass is 19.4. The van der Waals surface area contributed by atoms with Gasteiger partial charge in [-0.15, -0.1) is 0 Å². The van der Waals surface area contributed by atoms with Gasteiger partial charge in [-0.1, -0.05) is 0 Å². The maximum atomic E-state index is 12.9. The Morgan fingerprint density at radius 3 is 2.57 bits per heavy atom. The Hall–Kier alpha value is -2.58. The summed E-state index contributed by atoms with van der Waals surface area (Å²) in [6.07, 6.45) is 0.347. The topological polar surface area (TPSA) is 96.5 Å². The van der Waals surface area contributed by atoms with Gasteiger partial charge in [0, 0.05) is 25.4 Å². The highest BCUT2D eigenvalue weighted by Gasteiger charge is 2.52. The van der Waals surface area contributed by atoms with Crippen molar-refractivity contribution in [3.63, 3.8) is 0 Å². The highest BCUT2D eigenvalue weighted by Crippen LogP contribution is 2.37. The largest absolute Gasteiger partial charge is 0.506 e. The molecular formula is C14H14F3N3O3. The van der Waals surface area contributed by atoms with Crippen molar-refractivity contribution in [3.05, 3.63) is 30.1 Å². The van der Waals surface area contributed by atoms with Gasteiger partial charge in [0.15, 0.2) is 0 Å². The van der Waals surface area contributed by atoms with Crippen molar-refractivity contribution in [3.8, 4) is 5.75 Å². The lowest BCUT2D eigenvalue weighted by atomic mass is 9.95. The number of nitrogens with zero attached hydrogens (tertiary/aromatic N) is 2. The molecule has 2 amide bonds. The lowest BCUT2D eigenvalue weighted by Gasteiger charge is -2.18. The van der Waals surface area contributed by atoms with E-state index in [9.17, 15) is 27.9 Å². The van der Waals surface area contributed by atoms with Crippen LogP contribution in [0.15, 0.2) is 24.5 Å². The molecule has 23 heavy (non-hydrogen) atoms. The average molecular weight is 329 g/mol. The average Bonchev–Trinajstić information content (AvgIpc) is 2.90. The van der Waals surface area contributed by atoms with Gasteiger partial charge < -0.3 is 15.7 Å². The van der Waals surface area contributed by atoms with Gasteiger partial charge in [-0.3, -0.25) is 14.6 Å². The first-order valence-electron chi connectivity index (χ1n) is 6.65. The number of amides is 2. The van der Waals surface area contributed by atoms with E-state index >= 15 is 0 Å². The first-order valence-corrected chi connectivity index (χ1v) is 6.65. The van der Waals surface area contributed by atoms with Crippen molar-refractivity contribution in [2.45, 2.75) is 6.18 Å². The van der Waals surface area contributed by atoms with E-state index in [0.29, 0.717) is 5.56 Å². The summed E-state index contributed by atoms with van der Waals surface area (Å²) in [4.78, 5) is 27.8. The van der Waals surface area contributed by atoms with Gasteiger partial charge in [0.25, 0.3) is 0 Å². The molecular weight excluding hydrogens is 315 g/mol. The summed E-state index contributed by atoms with van der Waals surface area (Å²) in [5.41, 5.74) is 5.41. The molecule has 0 saturated carbocycles. The summed E-state index contributed by atoms with van der Waals surface area (Å²) in [5, 5.41) is 9.24. The van der Waals surface area contributed by atoms with Gasteiger partial charge in [0.2, 0.25) is 11.8 Å². The fourth-order valence-corrected chi connectivity index (χ4v) is 2.41. The maximum absolute atomic E-state index is 12.9. The number of likely N-dealkylation sites (tertiary alicyclic amines) is 1. The molecule has 6 nitrogen and oxygen atoms in total. The number of hydrogen-bond acceptors (Lipinski definition) is 4. The molecule has 0 aromatic carbocycles. The fourth-order valence-electron chi connectivity index (χ4n) is 2.41. The molecule has 1 aliphatic heterocycles. The van der Waals surface area contributed by atoms with Crippen LogP contribution >= 0.6 is 0 Å². The number of carbonyl (C=O) groups excluding carboxylic acids is 2. The Balaban J connectivity index is 2.10. The van der Waals surface area contributed by atoms with E-state index in [1.165, 1.54) is 24.5 Å². The Kier molecular flexibility index (Phi) is 4.57. The Labute approximate surface area is 129 Å². The molecule has 2 atom stereocenters. The van der Waals surface area contributed by atoms with E-state index in [1.54, 1.807) is 0 Å². The van der Waals surface area contributed by atoms with E-state index in [4.69, 9.17) is 5.73 Å². The zero-order chi connectivity index (χ0) is 17.2. The number of aromatic hydroxyl groups is 1. The number of nitrogens with two attached hydrogens (primary N) is 1. The second-order valence-corrected chi connectivity index (χ2v) is 5.21. The van der Waals surface area contributed by atoms with Crippen molar-refractivity contribution in [1.82, 2.24) is 9.88 Å². The molecule has 2 heterocycles. The van der Waals surface area contributed by atoms with Gasteiger partial charge >= 0.3 is 6.18 Å². The van der Waals surface area contributed by atoms with Gasteiger partial charge in [-0.25, -0.2) is 0 Å². The minimum absolute atomic E-state index is 0.105. The number of halogens is 3. The summed E-state index contributed by atoms with van der Waals surface area (Å²) < 4.78 is 38.7. The van der Waals surface area contributed by atoms with Crippen LogP contribution in [0, 0.1) is 11.8 Å². The number of hydrogen-bond donors (Lipinski definition) is 2. The number of alkyl halides is 3. The van der Waals surface area contributed by atoms with Crippen LogP contribution in [0.1, 0.15) is 5.56 Å². The van der Waals surface area contributed by atoms with Crippen LogP contribution in [-0.4, -0.2) is 46.1 Å². The fraction of sp³-hybridized carbons (Fsp3) is 0.357. The monoisotopic (exact) mass is 329 g/mol. The molecule has 0 unspecified atom stereocenters. The zero-order valence-electron chi connectivity index (χ0n) is 11.8. The normalized spacial score (nSPS) is 21.8. The third kappa shape index (κ3) is 3.99. The molecule has 2 rings (SSSR count). The van der Waals surface area contributed by atoms with Gasteiger partial charge in [-0.05, 0) is 17.7 Å². The molecule has 1 fully saturated rings. The molecule has 3 N–H and O–H groups in total. The Morgan fingerprint density at radius 1 is 1.35 bits per heavy atom. The second kappa shape index (κ2) is 6.27. The van der Waals surface area contributed by atoms with E-state index in [0.717, 1.165) is 11.0 Å². The third-order valence-corrected chi connectivity index (χ3v) is 3.58. The first kappa shape index (κ1) is 16.8. The first-order chi connectivity index (χ1) is 10.7. The number of pyridine rings is 1. The van der Waals surface area contributed by atoms with Crippen LogP contribution in [0.2, 0.25) is 0 Å². The summed E-state index contributed by atoms with van der Waals surface area (Å²) in [6.45, 7) is -0.987. The van der Waals surface area contributed by atoms with E-state index in [1.807, 2.05) is 0 Å². The summed E-state index contributed by atoms with van der Waals surface area (Å²) in [6, 6.07) is 1.34. The van der Waals surface area contributed by atoms with Crippen molar-refractivity contribution in [2.75, 3.05) is 13.1 Å². The minimum atomic E-state index is -4.60. The summed E-state index contributed by atoms with van der Waals surface area (Å²) in [5.74, 6) is -5.27. The lowest BCUT2D eigenvalue weighted by Crippen LogP contribution is -2.37. The van der Waals surface area contributed by atoms with E-state index < -0.39 is 36.4 Å². The number of aromatic nitrogens is 1. The molecule has 1 aliphatic rings. The summed E-state index contributed by atoms with van der Waals surface area (Å²) >= 11 is 0. The summed E-state index contributed by atoms with van der Waals surface area (Å²) in [7, 11) is 0. The predicted octanol–water partition coefficient (Wildman–Crippen LogP) is 0.923. The minimum Gasteiger partial charge on any atom is -0.506 e. The van der Waals surface area contributed by atoms with Crippen molar-refractivity contribution >= 4 is 17.9 Å². The molecule has 0 bridgehead atoms. The smallest absolute Gasteiger partial charge is 0.394 e. The van der Waals surface area contributed by atoms with E-state index in [2.05, 4.69) is 4.98 Å². The quantitative estimate of drug-likeness (QED) is 0.806. The molecule has 0 spiro atoms. The molecule has 1 saturated heterocycles. The zero-order valence-corrected chi connectivity index (χ0v) is 11.8. The van der Waals surface area contributed by atoms with Crippen molar-refractivity contribution < 1.29 is 27.9 Å². The van der Waals surface area contributed by atoms with Crippen molar-refractivity contribution in [1.29, 1.82) is 0 Å². The maximum Gasteiger partial charge on any atom is 0.394 e. The SMILES string of the molecule is NC(=O)[C@@H]1CN(C(=O)/C=C/c2cncc(O)c2)C[C@H]1C(F)(F)F. The number of rotatable bonds is 3. The van der Waals surface area contributed by atoms with Gasteiger partial charge in [0.1, 0.15) is 5.75 Å². The molecule has 9 heteroatoms. The Bertz CT molecular complexity index is 646. The highest BCUT2D eigenvalue weighted by molar-refractivity contribution is 5.92. The Morgan fingerprint density at radius 2 is 2.04 bits per heavy atom. The van der Waals surface area contributed by atoms with Crippen LogP contribution in [0.5, 0.6) is 5.75 Å². The van der Waals surface area contributed by atoms with Crippen molar-refractivity contribution in [2.24, 2.45) is 17.6 Å². The molecule has 0 aliphatic carbocycles. The predicted molar refractivity (Wildman–Crippen MR) is 73.7 cm³/mol. The molecule has 1 aromatic rings. The van der Waals surface area contributed by atoms with Crippen LogP contribution in [0.3, 0.4) is 0 Å². The number of carbonyl (C=O) groups is 2. The number of primary amides is 1. The standard InChI is InChI=1S/C14H14F3N3O3/c15-14(16,17)11-7-20(6-10(11)13(18)23)12(22)2-1-8-3-9(21)5-19-4-8/h1-5,10-11,21H,6-7H2,(H2,18,23)/b2-1+/t10-,11-/m1/s1. The van der Waals surface area contributed by atoms with Crippen LogP contribution in [0.4, 0.5) is 13.2 Å². The van der Waals surface area contributed by atoms with Crippen LogP contribution in [-0.2, 0) is 9.59 Å². The van der Waals surface area contributed by atoms with Crippen LogP contribution in [0.25, 0.3) is 6.08 Å². The lowest BCUT2D eigenvalue weighted by molar-refractivity contribution is -0.182. The second-order valence-electron chi connectivity index (χ2n) is 5.21. The molecule has 124 valence electrons. The van der Waals surface area contributed by atoms with Gasteiger partial charge in [0.05, 0.1) is 18.0 Å². The van der Waals surface area contributed by atoms with Crippen LogP contribution < -0.4 is 5.73 Å². The third-order valence-electron chi connectivity index (χ3n) is 3.58.